The molecule has 1 N–H and O–H groups in total. The van der Waals surface area contributed by atoms with Gasteiger partial charge in [0.25, 0.3) is 0 Å². The fourth-order valence-corrected chi connectivity index (χ4v) is 4.73. The van der Waals surface area contributed by atoms with E-state index in [1.807, 2.05) is 56.3 Å². The number of ketones is 1. The number of fused-ring (bicyclic) bond motifs is 1. The number of hydrogen-bond donors (Lipinski definition) is 1. The number of thioether (sulfide) groups is 1. The lowest BCUT2D eigenvalue weighted by Crippen LogP contribution is -2.15. The summed E-state index contributed by atoms with van der Waals surface area (Å²) in [6.07, 6.45) is 2.30. The first kappa shape index (κ1) is 18.2. The number of aromatic amines is 1. The number of aryl methyl sites for hydroxylation is 1. The fraction of sp³-hybridized carbons (Fsp3) is 0.261. The van der Waals surface area contributed by atoms with Gasteiger partial charge in [-0.05, 0) is 44.9 Å². The molecule has 0 aliphatic heterocycles. The molecule has 2 aromatic carbocycles. The number of benzene rings is 2. The maximum absolute atomic E-state index is 13.3. The van der Waals surface area contributed by atoms with Gasteiger partial charge in [0.2, 0.25) is 0 Å². The summed E-state index contributed by atoms with van der Waals surface area (Å²) >= 11 is 1.48. The van der Waals surface area contributed by atoms with E-state index in [1.165, 1.54) is 11.8 Å². The van der Waals surface area contributed by atoms with E-state index in [-0.39, 0.29) is 11.0 Å². The van der Waals surface area contributed by atoms with Crippen LogP contribution >= 0.6 is 11.8 Å². The largest absolute Gasteiger partial charge is 0.358 e. The predicted octanol–water partition coefficient (Wildman–Crippen LogP) is 5.30. The number of aromatic nitrogens is 4. The molecule has 5 rings (SSSR count). The second-order valence-corrected chi connectivity index (χ2v) is 8.89. The summed E-state index contributed by atoms with van der Waals surface area (Å²) < 4.78 is 2.12. The number of H-pyrrole nitrogens is 1. The Morgan fingerprint density at radius 3 is 2.59 bits per heavy atom. The highest BCUT2D eigenvalue weighted by atomic mass is 32.2. The minimum atomic E-state index is -0.272. The molecule has 2 aromatic heterocycles. The fourth-order valence-electron chi connectivity index (χ4n) is 3.79. The number of nitrogens with zero attached hydrogens (tertiary/aromatic N) is 3. The third-order valence-corrected chi connectivity index (χ3v) is 6.45. The van der Waals surface area contributed by atoms with Gasteiger partial charge in [-0.3, -0.25) is 9.36 Å². The molecule has 2 heterocycles. The van der Waals surface area contributed by atoms with Gasteiger partial charge >= 0.3 is 0 Å². The zero-order chi connectivity index (χ0) is 20.0. The molecular weight excluding hydrogens is 380 g/mol. The Kier molecular flexibility index (Phi) is 4.51. The third-order valence-electron chi connectivity index (χ3n) is 5.41. The Balaban J connectivity index is 1.49. The van der Waals surface area contributed by atoms with E-state index in [0.29, 0.717) is 5.92 Å². The summed E-state index contributed by atoms with van der Waals surface area (Å²) in [5, 5.41) is 10.4. The van der Waals surface area contributed by atoms with Crippen LogP contribution in [0.5, 0.6) is 0 Å². The number of hydrogen-bond acceptors (Lipinski definition) is 4. The summed E-state index contributed by atoms with van der Waals surface area (Å²) in [6, 6.07) is 18.1. The Labute approximate surface area is 173 Å². The zero-order valence-corrected chi connectivity index (χ0v) is 17.2. The van der Waals surface area contributed by atoms with Crippen molar-refractivity contribution in [3.8, 4) is 5.69 Å². The number of rotatable bonds is 6. The molecule has 0 saturated heterocycles. The second-order valence-electron chi connectivity index (χ2n) is 7.58. The van der Waals surface area contributed by atoms with E-state index in [1.54, 1.807) is 0 Å². The van der Waals surface area contributed by atoms with Gasteiger partial charge in [0, 0.05) is 33.8 Å². The van der Waals surface area contributed by atoms with Gasteiger partial charge in [-0.2, -0.15) is 0 Å². The third kappa shape index (κ3) is 3.27. The van der Waals surface area contributed by atoms with Crippen molar-refractivity contribution in [1.82, 2.24) is 19.7 Å². The van der Waals surface area contributed by atoms with Gasteiger partial charge in [0.15, 0.2) is 10.9 Å². The number of carbonyl (C=O) groups excluding carboxylic acids is 1. The molecule has 1 aliphatic carbocycles. The molecule has 0 unspecified atom stereocenters. The van der Waals surface area contributed by atoms with Crippen LogP contribution in [0.15, 0.2) is 59.8 Å². The molecule has 1 fully saturated rings. The highest BCUT2D eigenvalue weighted by Crippen LogP contribution is 2.41. The molecule has 6 heteroatoms. The summed E-state index contributed by atoms with van der Waals surface area (Å²) in [4.78, 5) is 16.7. The Hall–Kier alpha value is -2.86. The molecule has 5 nitrogen and oxygen atoms in total. The molecule has 0 radical (unpaired) electrons. The number of Topliss-reactive ketones (excluding diaryl/α,β-unsaturated/α-hetero) is 1. The first-order chi connectivity index (χ1) is 14.1. The molecule has 0 amide bonds. The van der Waals surface area contributed by atoms with Crippen LogP contribution in [0, 0.1) is 6.92 Å². The minimum Gasteiger partial charge on any atom is -0.358 e. The van der Waals surface area contributed by atoms with Gasteiger partial charge in [0.1, 0.15) is 5.82 Å². The number of para-hydroxylation sites is 2. The maximum atomic E-state index is 13.3. The average molecular weight is 403 g/mol. The monoisotopic (exact) mass is 402 g/mol. The van der Waals surface area contributed by atoms with Crippen LogP contribution in [0.3, 0.4) is 0 Å². The SMILES string of the molecule is Cc1[nH]c2ccccc2c1C(=O)[C@H](C)Sc1nnc(C2CC2)n1-c1ccccc1. The summed E-state index contributed by atoms with van der Waals surface area (Å²) in [7, 11) is 0. The molecule has 0 bridgehead atoms. The van der Waals surface area contributed by atoms with Crippen molar-refractivity contribution in [2.24, 2.45) is 0 Å². The van der Waals surface area contributed by atoms with Crippen LogP contribution in [-0.2, 0) is 0 Å². The molecular formula is C23H22N4OS. The first-order valence-corrected chi connectivity index (χ1v) is 10.8. The van der Waals surface area contributed by atoms with Crippen molar-refractivity contribution in [2.75, 3.05) is 0 Å². The van der Waals surface area contributed by atoms with Crippen LogP contribution in [0.1, 0.15) is 47.6 Å². The molecule has 1 aliphatic rings. The normalized spacial score (nSPS) is 15.0. The quantitative estimate of drug-likeness (QED) is 0.351. The van der Waals surface area contributed by atoms with Crippen molar-refractivity contribution in [2.45, 2.75) is 43.0 Å². The van der Waals surface area contributed by atoms with Crippen molar-refractivity contribution < 1.29 is 4.79 Å². The smallest absolute Gasteiger partial charge is 0.196 e. The molecule has 0 spiro atoms. The Bertz CT molecular complexity index is 1190. The van der Waals surface area contributed by atoms with Crippen LogP contribution in [0.2, 0.25) is 0 Å². The lowest BCUT2D eigenvalue weighted by Gasteiger charge is -2.13. The van der Waals surface area contributed by atoms with Crippen molar-refractivity contribution in [1.29, 1.82) is 0 Å². The topological polar surface area (TPSA) is 63.6 Å². The van der Waals surface area contributed by atoms with E-state index in [9.17, 15) is 4.79 Å². The van der Waals surface area contributed by atoms with E-state index in [4.69, 9.17) is 0 Å². The van der Waals surface area contributed by atoms with E-state index >= 15 is 0 Å². The Morgan fingerprint density at radius 1 is 1.10 bits per heavy atom. The highest BCUT2D eigenvalue weighted by molar-refractivity contribution is 8.00. The summed E-state index contributed by atoms with van der Waals surface area (Å²) in [6.45, 7) is 3.91. The highest BCUT2D eigenvalue weighted by Gasteiger charge is 2.32. The van der Waals surface area contributed by atoms with Gasteiger partial charge in [-0.15, -0.1) is 10.2 Å². The van der Waals surface area contributed by atoms with Gasteiger partial charge in [-0.1, -0.05) is 48.2 Å². The van der Waals surface area contributed by atoms with E-state index in [2.05, 4.69) is 31.9 Å². The second kappa shape index (κ2) is 7.19. The van der Waals surface area contributed by atoms with Crippen molar-refractivity contribution in [3.63, 3.8) is 0 Å². The molecule has 29 heavy (non-hydrogen) atoms. The van der Waals surface area contributed by atoms with Gasteiger partial charge < -0.3 is 4.98 Å². The number of nitrogens with one attached hydrogen (secondary N) is 1. The maximum Gasteiger partial charge on any atom is 0.196 e. The van der Waals surface area contributed by atoms with Crippen molar-refractivity contribution >= 4 is 28.4 Å². The molecule has 1 saturated carbocycles. The van der Waals surface area contributed by atoms with Gasteiger partial charge in [-0.25, -0.2) is 0 Å². The molecule has 4 aromatic rings. The minimum absolute atomic E-state index is 0.112. The summed E-state index contributed by atoms with van der Waals surface area (Å²) in [5.41, 5.74) is 3.72. The van der Waals surface area contributed by atoms with Crippen LogP contribution in [0.4, 0.5) is 0 Å². The average Bonchev–Trinajstić information content (AvgIpc) is 3.41. The lowest BCUT2D eigenvalue weighted by atomic mass is 10.1. The number of carbonyl (C=O) groups is 1. The first-order valence-electron chi connectivity index (χ1n) is 9.92. The van der Waals surface area contributed by atoms with Crippen LogP contribution in [0.25, 0.3) is 16.6 Å². The zero-order valence-electron chi connectivity index (χ0n) is 16.4. The standard InChI is InChI=1S/C23H22N4OS/c1-14-20(18-10-6-7-11-19(18)24-14)21(28)15(2)29-23-26-25-22(16-12-13-16)27(23)17-8-4-3-5-9-17/h3-11,15-16,24H,12-13H2,1-2H3/t15-/m0/s1. The summed E-state index contributed by atoms with van der Waals surface area (Å²) in [5.74, 6) is 1.58. The molecule has 146 valence electrons. The van der Waals surface area contributed by atoms with Crippen molar-refractivity contribution in [3.05, 3.63) is 71.7 Å². The van der Waals surface area contributed by atoms with E-state index < -0.39 is 0 Å². The van der Waals surface area contributed by atoms with Crippen LogP contribution in [-0.4, -0.2) is 30.8 Å². The Morgan fingerprint density at radius 2 is 1.83 bits per heavy atom. The lowest BCUT2D eigenvalue weighted by molar-refractivity contribution is 0.0995. The predicted molar refractivity (Wildman–Crippen MR) is 116 cm³/mol. The van der Waals surface area contributed by atoms with E-state index in [0.717, 1.165) is 51.7 Å². The van der Waals surface area contributed by atoms with Gasteiger partial charge in [0.05, 0.1) is 5.25 Å². The molecule has 1 atom stereocenters. The van der Waals surface area contributed by atoms with Crippen LogP contribution < -0.4 is 0 Å².